The van der Waals surface area contributed by atoms with Crippen LogP contribution in [0.1, 0.15) is 15.9 Å². The molecule has 0 saturated heterocycles. The van der Waals surface area contributed by atoms with Crippen molar-refractivity contribution in [3.8, 4) is 0 Å². The molecule has 2 aliphatic rings. The van der Waals surface area contributed by atoms with Crippen molar-refractivity contribution in [2.75, 3.05) is 6.54 Å². The molecule has 0 aromatic heterocycles. The molecule has 0 N–H and O–H groups in total. The molecule has 4 heteroatoms. The Balaban J connectivity index is 2.29. The highest BCUT2D eigenvalue weighted by molar-refractivity contribution is 7.80. The van der Waals surface area contributed by atoms with Gasteiger partial charge in [-0.3, -0.25) is 14.7 Å². The summed E-state index contributed by atoms with van der Waals surface area (Å²) in [5.74, 6) is 0.678. The molecule has 0 unspecified atom stereocenters. The fraction of sp³-hybridized carbons (Fsp3) is 0.100. The molecule has 3 rings (SSSR count). The van der Waals surface area contributed by atoms with Crippen LogP contribution in [0.3, 0.4) is 0 Å². The van der Waals surface area contributed by atoms with Crippen molar-refractivity contribution in [2.24, 2.45) is 4.99 Å². The van der Waals surface area contributed by atoms with Crippen LogP contribution < -0.4 is 0 Å². The third-order valence-electron chi connectivity index (χ3n) is 2.43. The maximum atomic E-state index is 11.8. The Morgan fingerprint density at radius 3 is 2.79 bits per heavy atom. The summed E-state index contributed by atoms with van der Waals surface area (Å²) in [6.07, 6.45) is 0. The first kappa shape index (κ1) is 7.82. The molecule has 1 amide bonds. The van der Waals surface area contributed by atoms with Gasteiger partial charge < -0.3 is 0 Å². The first-order chi connectivity index (χ1) is 6.79. The van der Waals surface area contributed by atoms with E-state index in [2.05, 4.69) is 4.99 Å². The quantitative estimate of drug-likeness (QED) is 0.593. The van der Waals surface area contributed by atoms with Gasteiger partial charge in [-0.25, -0.2) is 0 Å². The zero-order valence-corrected chi connectivity index (χ0v) is 8.04. The van der Waals surface area contributed by atoms with Crippen LogP contribution in [0.2, 0.25) is 0 Å². The largest absolute Gasteiger partial charge is 0.268 e. The number of amidine groups is 1. The van der Waals surface area contributed by atoms with E-state index in [0.29, 0.717) is 17.1 Å². The summed E-state index contributed by atoms with van der Waals surface area (Å²) >= 11 is 5.07. The molecule has 0 bridgehead atoms. The van der Waals surface area contributed by atoms with Gasteiger partial charge in [-0.05, 0) is 6.07 Å². The molecule has 0 atom stereocenters. The molecule has 0 saturated carbocycles. The van der Waals surface area contributed by atoms with E-state index >= 15 is 0 Å². The molecular formula is C10H6N2OS. The molecule has 0 spiro atoms. The van der Waals surface area contributed by atoms with Gasteiger partial charge in [0.15, 0.2) is 0 Å². The van der Waals surface area contributed by atoms with Gasteiger partial charge in [0, 0.05) is 5.56 Å². The van der Waals surface area contributed by atoms with Crippen LogP contribution >= 0.6 is 12.2 Å². The number of hydrogen-bond donors (Lipinski definition) is 0. The number of amides is 1. The summed E-state index contributed by atoms with van der Waals surface area (Å²) in [5.41, 5.74) is 1.60. The summed E-state index contributed by atoms with van der Waals surface area (Å²) in [6.45, 7) is 0.463. The first-order valence-corrected chi connectivity index (χ1v) is 4.71. The van der Waals surface area contributed by atoms with E-state index < -0.39 is 0 Å². The fourth-order valence-electron chi connectivity index (χ4n) is 1.80. The van der Waals surface area contributed by atoms with Crippen LogP contribution in [0.15, 0.2) is 29.3 Å². The lowest BCUT2D eigenvalue weighted by atomic mass is 10.1. The smallest absolute Gasteiger partial charge is 0.265 e. The van der Waals surface area contributed by atoms with Crippen molar-refractivity contribution in [2.45, 2.75) is 0 Å². The molecule has 68 valence electrons. The zero-order chi connectivity index (χ0) is 9.71. The van der Waals surface area contributed by atoms with E-state index in [1.54, 1.807) is 6.07 Å². The van der Waals surface area contributed by atoms with E-state index in [-0.39, 0.29) is 5.91 Å². The van der Waals surface area contributed by atoms with E-state index in [1.807, 2.05) is 18.2 Å². The summed E-state index contributed by atoms with van der Waals surface area (Å²) in [4.78, 5) is 18.2. The number of aliphatic imine (C=N–C) groups is 1. The van der Waals surface area contributed by atoms with Crippen molar-refractivity contribution in [1.82, 2.24) is 4.90 Å². The average Bonchev–Trinajstić information content (AvgIpc) is 2.70. The third kappa shape index (κ3) is 0.786. The van der Waals surface area contributed by atoms with Gasteiger partial charge in [0.1, 0.15) is 10.8 Å². The number of hydrogen-bond acceptors (Lipinski definition) is 3. The van der Waals surface area contributed by atoms with Crippen molar-refractivity contribution in [1.29, 1.82) is 0 Å². The number of carbonyl (C=O) groups excluding carboxylic acids is 1. The molecule has 1 aromatic rings. The second-order valence-corrected chi connectivity index (χ2v) is 3.69. The van der Waals surface area contributed by atoms with Gasteiger partial charge in [-0.15, -0.1) is 0 Å². The number of carbonyl (C=O) groups is 1. The van der Waals surface area contributed by atoms with Crippen LogP contribution in [-0.4, -0.2) is 28.2 Å². The normalized spacial score (nSPS) is 18.3. The lowest BCUT2D eigenvalue weighted by molar-refractivity contribution is 0.0916. The summed E-state index contributed by atoms with van der Waals surface area (Å²) in [7, 11) is 0. The SMILES string of the molecule is O=C1c2ccccc2C2=NCC(=S)N12. The molecule has 0 radical (unpaired) electrons. The van der Waals surface area contributed by atoms with Gasteiger partial charge >= 0.3 is 0 Å². The predicted octanol–water partition coefficient (Wildman–Crippen LogP) is 1.23. The zero-order valence-electron chi connectivity index (χ0n) is 7.23. The topological polar surface area (TPSA) is 32.7 Å². The van der Waals surface area contributed by atoms with Crippen LogP contribution in [0.25, 0.3) is 0 Å². The molecule has 0 fully saturated rings. The number of rotatable bonds is 0. The summed E-state index contributed by atoms with van der Waals surface area (Å²) in [5, 5.41) is 0. The Hall–Kier alpha value is -1.55. The molecule has 2 heterocycles. The maximum Gasteiger partial charge on any atom is 0.265 e. The second-order valence-electron chi connectivity index (χ2n) is 3.22. The first-order valence-electron chi connectivity index (χ1n) is 4.30. The van der Waals surface area contributed by atoms with E-state index in [9.17, 15) is 4.79 Å². The number of fused-ring (bicyclic) bond motifs is 3. The van der Waals surface area contributed by atoms with Gasteiger partial charge in [-0.1, -0.05) is 30.4 Å². The highest BCUT2D eigenvalue weighted by atomic mass is 32.1. The van der Waals surface area contributed by atoms with Gasteiger partial charge in [-0.2, -0.15) is 0 Å². The third-order valence-corrected chi connectivity index (χ3v) is 2.74. The number of nitrogens with zero attached hydrogens (tertiary/aromatic N) is 2. The lowest BCUT2D eigenvalue weighted by Crippen LogP contribution is -2.31. The number of benzene rings is 1. The Kier molecular flexibility index (Phi) is 1.39. The van der Waals surface area contributed by atoms with E-state index in [1.165, 1.54) is 4.90 Å². The number of thiocarbonyl (C=S) groups is 1. The standard InChI is InChI=1S/C10H6N2OS/c13-10-7-4-2-1-3-6(7)9-11-5-8(14)12(9)10/h1-4H,5H2. The maximum absolute atomic E-state index is 11.8. The Morgan fingerprint density at radius 1 is 1.29 bits per heavy atom. The minimum atomic E-state index is -0.0400. The van der Waals surface area contributed by atoms with Gasteiger partial charge in [0.25, 0.3) is 5.91 Å². The highest BCUT2D eigenvalue weighted by Gasteiger charge is 2.38. The van der Waals surface area contributed by atoms with E-state index in [4.69, 9.17) is 12.2 Å². The fourth-order valence-corrected chi connectivity index (χ4v) is 2.04. The van der Waals surface area contributed by atoms with Crippen LogP contribution in [0, 0.1) is 0 Å². The van der Waals surface area contributed by atoms with Crippen molar-refractivity contribution < 1.29 is 4.79 Å². The molecule has 0 aliphatic carbocycles. The van der Waals surface area contributed by atoms with Gasteiger partial charge in [0.2, 0.25) is 0 Å². The molecule has 2 aliphatic heterocycles. The van der Waals surface area contributed by atoms with Crippen molar-refractivity contribution in [3.05, 3.63) is 35.4 Å². The summed E-state index contributed by atoms with van der Waals surface area (Å²) in [6, 6.07) is 7.46. The molecule has 3 nitrogen and oxygen atoms in total. The van der Waals surface area contributed by atoms with E-state index in [0.717, 1.165) is 11.4 Å². The minimum absolute atomic E-state index is 0.0400. The van der Waals surface area contributed by atoms with Crippen molar-refractivity contribution >= 4 is 28.9 Å². The van der Waals surface area contributed by atoms with Gasteiger partial charge in [0.05, 0.1) is 12.1 Å². The average molecular weight is 202 g/mol. The van der Waals surface area contributed by atoms with Crippen LogP contribution in [0.4, 0.5) is 0 Å². The van der Waals surface area contributed by atoms with Crippen molar-refractivity contribution in [3.63, 3.8) is 0 Å². The monoisotopic (exact) mass is 202 g/mol. The van der Waals surface area contributed by atoms with Crippen LogP contribution in [-0.2, 0) is 0 Å². The Bertz CT molecular complexity index is 493. The molecular weight excluding hydrogens is 196 g/mol. The van der Waals surface area contributed by atoms with Crippen LogP contribution in [0.5, 0.6) is 0 Å². The second kappa shape index (κ2) is 2.48. The molecule has 1 aromatic carbocycles. The lowest BCUT2D eigenvalue weighted by Gasteiger charge is -2.08. The molecule has 14 heavy (non-hydrogen) atoms. The minimum Gasteiger partial charge on any atom is -0.268 e. The highest BCUT2D eigenvalue weighted by Crippen LogP contribution is 2.26. The predicted molar refractivity (Wildman–Crippen MR) is 56.6 cm³/mol. The summed E-state index contributed by atoms with van der Waals surface area (Å²) < 4.78 is 0. The Morgan fingerprint density at radius 2 is 2.00 bits per heavy atom. The Labute approximate surface area is 86.1 Å².